The Balaban J connectivity index is 1.69. The summed E-state index contributed by atoms with van der Waals surface area (Å²) >= 11 is 3.65. The van der Waals surface area contributed by atoms with Crippen LogP contribution in [0.3, 0.4) is 0 Å². The summed E-state index contributed by atoms with van der Waals surface area (Å²) in [5.74, 6) is 1.04. The average Bonchev–Trinajstić information content (AvgIpc) is 2.83. The molecule has 2 atom stereocenters. The third-order valence-corrected chi connectivity index (χ3v) is 6.02. The predicted molar refractivity (Wildman–Crippen MR) is 86.7 cm³/mol. The lowest BCUT2D eigenvalue weighted by Gasteiger charge is -2.37. The van der Waals surface area contributed by atoms with Crippen molar-refractivity contribution < 1.29 is 4.79 Å². The van der Waals surface area contributed by atoms with Gasteiger partial charge in [-0.25, -0.2) is 9.78 Å². The maximum atomic E-state index is 12.2. The molecule has 2 rings (SSSR count). The number of amides is 2. The lowest BCUT2D eigenvalue weighted by Crippen LogP contribution is -2.52. The van der Waals surface area contributed by atoms with E-state index in [-0.39, 0.29) is 6.03 Å². The first-order valence-corrected chi connectivity index (χ1v) is 9.08. The zero-order valence-corrected chi connectivity index (χ0v) is 14.0. The van der Waals surface area contributed by atoms with Crippen molar-refractivity contribution in [2.24, 2.45) is 0 Å². The van der Waals surface area contributed by atoms with E-state index in [0.717, 1.165) is 42.4 Å². The van der Waals surface area contributed by atoms with Gasteiger partial charge in [-0.15, -0.1) is 11.3 Å². The van der Waals surface area contributed by atoms with Crippen molar-refractivity contribution in [3.8, 4) is 0 Å². The van der Waals surface area contributed by atoms with E-state index in [1.807, 2.05) is 23.6 Å². The maximum absolute atomic E-state index is 12.2. The molecule has 0 bridgehead atoms. The van der Waals surface area contributed by atoms with Gasteiger partial charge in [0.05, 0.1) is 5.01 Å². The van der Waals surface area contributed by atoms with Crippen LogP contribution < -0.4 is 5.32 Å². The predicted octanol–water partition coefficient (Wildman–Crippen LogP) is 2.92. The molecule has 4 nitrogen and oxygen atoms in total. The fraction of sp³-hybridized carbons (Fsp3) is 0.714. The molecular weight excluding hydrogens is 290 g/mol. The second kappa shape index (κ2) is 7.31. The van der Waals surface area contributed by atoms with Gasteiger partial charge in [0.1, 0.15) is 0 Å². The molecule has 1 N–H and O–H groups in total. The van der Waals surface area contributed by atoms with E-state index < -0.39 is 0 Å². The molecule has 1 aromatic rings. The number of aryl methyl sites for hydroxylation is 2. The van der Waals surface area contributed by atoms with E-state index in [2.05, 4.69) is 29.5 Å². The Kier molecular flexibility index (Phi) is 5.72. The van der Waals surface area contributed by atoms with Crippen LogP contribution in [0.5, 0.6) is 0 Å². The van der Waals surface area contributed by atoms with E-state index in [0.29, 0.717) is 11.3 Å². The summed E-state index contributed by atoms with van der Waals surface area (Å²) in [7, 11) is 0. The van der Waals surface area contributed by atoms with Crippen LogP contribution in [0.1, 0.15) is 31.0 Å². The van der Waals surface area contributed by atoms with Gasteiger partial charge in [0.15, 0.2) is 0 Å². The van der Waals surface area contributed by atoms with Crippen LogP contribution in [0.25, 0.3) is 0 Å². The highest BCUT2D eigenvalue weighted by Crippen LogP contribution is 2.24. The molecule has 1 fully saturated rings. The van der Waals surface area contributed by atoms with Crippen molar-refractivity contribution in [3.05, 3.63) is 16.1 Å². The van der Waals surface area contributed by atoms with Gasteiger partial charge in [0.2, 0.25) is 0 Å². The normalized spacial score (nSPS) is 22.9. The number of thiazole rings is 1. The zero-order valence-electron chi connectivity index (χ0n) is 12.4. The number of hydrogen-bond acceptors (Lipinski definition) is 4. The molecule has 1 aliphatic heterocycles. The number of carbonyl (C=O) groups excluding carboxylic acids is 1. The number of rotatable bonds is 4. The molecule has 20 heavy (non-hydrogen) atoms. The Labute approximate surface area is 129 Å². The number of nitrogens with one attached hydrogen (secondary N) is 1. The van der Waals surface area contributed by atoms with Gasteiger partial charge in [0.25, 0.3) is 0 Å². The molecule has 1 aliphatic rings. The standard InChI is InChI=1S/C14H23N3OS2/c1-10-9-20-13(16-10)5-4-6-15-14(18)17-7-8-19-12(3)11(17)2/h9,11-12H,4-8H2,1-3H3,(H,15,18). The number of aromatic nitrogens is 1. The van der Waals surface area contributed by atoms with Gasteiger partial charge >= 0.3 is 6.03 Å². The summed E-state index contributed by atoms with van der Waals surface area (Å²) in [5, 5.41) is 6.79. The minimum Gasteiger partial charge on any atom is -0.338 e. The van der Waals surface area contributed by atoms with Crippen LogP contribution in [-0.4, -0.2) is 46.0 Å². The SMILES string of the molecule is Cc1csc(CCCNC(=O)N2CCSC(C)C2C)n1. The Morgan fingerprint density at radius 3 is 3.05 bits per heavy atom. The van der Waals surface area contributed by atoms with E-state index in [4.69, 9.17) is 0 Å². The molecule has 0 spiro atoms. The summed E-state index contributed by atoms with van der Waals surface area (Å²) in [6.07, 6.45) is 1.89. The largest absolute Gasteiger partial charge is 0.338 e. The van der Waals surface area contributed by atoms with Crippen LogP contribution in [0, 0.1) is 6.92 Å². The molecule has 6 heteroatoms. The third kappa shape index (κ3) is 4.12. The number of nitrogens with zero attached hydrogens (tertiary/aromatic N) is 2. The lowest BCUT2D eigenvalue weighted by atomic mass is 10.2. The molecule has 0 radical (unpaired) electrons. The van der Waals surface area contributed by atoms with Crippen molar-refractivity contribution in [1.29, 1.82) is 0 Å². The van der Waals surface area contributed by atoms with Gasteiger partial charge in [-0.3, -0.25) is 0 Å². The zero-order chi connectivity index (χ0) is 14.5. The van der Waals surface area contributed by atoms with E-state index >= 15 is 0 Å². The van der Waals surface area contributed by atoms with Gasteiger partial charge in [0, 0.05) is 47.6 Å². The maximum Gasteiger partial charge on any atom is 0.317 e. The molecule has 2 heterocycles. The Hall–Kier alpha value is -0.750. The van der Waals surface area contributed by atoms with Crippen molar-refractivity contribution in [3.63, 3.8) is 0 Å². The van der Waals surface area contributed by atoms with Crippen LogP contribution in [0.4, 0.5) is 4.79 Å². The highest BCUT2D eigenvalue weighted by atomic mass is 32.2. The van der Waals surface area contributed by atoms with Crippen LogP contribution in [0.2, 0.25) is 0 Å². The van der Waals surface area contributed by atoms with Gasteiger partial charge in [-0.05, 0) is 20.3 Å². The van der Waals surface area contributed by atoms with Gasteiger partial charge < -0.3 is 10.2 Å². The van der Waals surface area contributed by atoms with Crippen molar-refractivity contribution >= 4 is 29.1 Å². The third-order valence-electron chi connectivity index (χ3n) is 3.65. The molecule has 1 aromatic heterocycles. The minimum absolute atomic E-state index is 0.0833. The molecule has 2 amide bonds. The molecule has 2 unspecified atom stereocenters. The number of hydrogen-bond donors (Lipinski definition) is 1. The topological polar surface area (TPSA) is 45.2 Å². The van der Waals surface area contributed by atoms with Crippen LogP contribution in [-0.2, 0) is 6.42 Å². The highest BCUT2D eigenvalue weighted by molar-refractivity contribution is 8.00. The highest BCUT2D eigenvalue weighted by Gasteiger charge is 2.28. The molecule has 112 valence electrons. The second-order valence-electron chi connectivity index (χ2n) is 5.23. The fourth-order valence-electron chi connectivity index (χ4n) is 2.27. The summed E-state index contributed by atoms with van der Waals surface area (Å²) in [6, 6.07) is 0.398. The first kappa shape index (κ1) is 15.6. The number of thioether (sulfide) groups is 1. The average molecular weight is 313 g/mol. The number of carbonyl (C=O) groups is 1. The molecule has 1 saturated heterocycles. The van der Waals surface area contributed by atoms with E-state index in [9.17, 15) is 4.79 Å². The number of urea groups is 1. The summed E-state index contributed by atoms with van der Waals surface area (Å²) in [4.78, 5) is 18.6. The molecule has 0 aromatic carbocycles. The first-order valence-electron chi connectivity index (χ1n) is 7.15. The summed E-state index contributed by atoms with van der Waals surface area (Å²) in [5.41, 5.74) is 1.09. The monoisotopic (exact) mass is 313 g/mol. The van der Waals surface area contributed by atoms with Crippen molar-refractivity contribution in [2.45, 2.75) is 44.9 Å². The fourth-order valence-corrected chi connectivity index (χ4v) is 4.19. The van der Waals surface area contributed by atoms with Crippen molar-refractivity contribution in [2.75, 3.05) is 18.8 Å². The summed E-state index contributed by atoms with van der Waals surface area (Å²) < 4.78 is 0. The van der Waals surface area contributed by atoms with Crippen LogP contribution in [0.15, 0.2) is 5.38 Å². The minimum atomic E-state index is 0.0833. The van der Waals surface area contributed by atoms with Crippen molar-refractivity contribution in [1.82, 2.24) is 15.2 Å². The Morgan fingerprint density at radius 1 is 1.55 bits per heavy atom. The smallest absolute Gasteiger partial charge is 0.317 e. The van der Waals surface area contributed by atoms with E-state index in [1.54, 1.807) is 11.3 Å². The molecule has 0 saturated carbocycles. The summed E-state index contributed by atoms with van der Waals surface area (Å²) in [6.45, 7) is 7.92. The molecule has 0 aliphatic carbocycles. The van der Waals surface area contributed by atoms with Gasteiger partial charge in [-0.2, -0.15) is 11.8 Å². The Morgan fingerprint density at radius 2 is 2.35 bits per heavy atom. The lowest BCUT2D eigenvalue weighted by molar-refractivity contribution is 0.180. The van der Waals surface area contributed by atoms with E-state index in [1.165, 1.54) is 0 Å². The first-order chi connectivity index (χ1) is 9.58. The molecular formula is C14H23N3OS2. The Bertz CT molecular complexity index is 449. The second-order valence-corrected chi connectivity index (χ2v) is 7.66. The quantitative estimate of drug-likeness (QED) is 0.869. The van der Waals surface area contributed by atoms with Gasteiger partial charge in [-0.1, -0.05) is 6.92 Å². The van der Waals surface area contributed by atoms with Crippen LogP contribution >= 0.6 is 23.1 Å².